The molecule has 4 amide bonds. The molecular formula is C31H30N4O5. The number of aromatic amines is 1. The Hall–Kier alpha value is -4.63. The molecule has 0 saturated carbocycles. The number of methoxy groups -OCH3 is 2. The molecule has 1 aromatic heterocycles. The Balaban J connectivity index is 1.35. The van der Waals surface area contributed by atoms with E-state index in [0.717, 1.165) is 27.7 Å². The number of nitrogens with zero attached hydrogens (tertiary/aromatic N) is 2. The Morgan fingerprint density at radius 2 is 1.82 bits per heavy atom. The number of carbonyl (C=O) groups is 3. The molecule has 40 heavy (non-hydrogen) atoms. The summed E-state index contributed by atoms with van der Waals surface area (Å²) in [5, 5.41) is 3.89. The van der Waals surface area contributed by atoms with Crippen LogP contribution in [-0.4, -0.2) is 61.1 Å². The van der Waals surface area contributed by atoms with Gasteiger partial charge in [0.25, 0.3) is 11.8 Å². The molecule has 0 bridgehead atoms. The third-order valence-electron chi connectivity index (χ3n) is 7.66. The SMILES string of the molecule is COCCCNC(=O)c1ccc(N2C(=O)[C@@H]3Cc4c([nH]c5ccccc45)C(c4cccc(OC)c4)N3C2=O)cc1. The summed E-state index contributed by atoms with van der Waals surface area (Å²) in [6.45, 7) is 1.06. The lowest BCUT2D eigenvalue weighted by molar-refractivity contribution is -0.120. The van der Waals surface area contributed by atoms with Crippen molar-refractivity contribution < 1.29 is 23.9 Å². The second kappa shape index (κ2) is 10.5. The van der Waals surface area contributed by atoms with E-state index in [1.165, 1.54) is 4.90 Å². The molecule has 1 fully saturated rings. The number of H-pyrrole nitrogens is 1. The summed E-state index contributed by atoms with van der Waals surface area (Å²) in [6.07, 6.45) is 1.11. The van der Waals surface area contributed by atoms with Gasteiger partial charge in [-0.15, -0.1) is 0 Å². The average molecular weight is 539 g/mol. The molecule has 1 unspecified atom stereocenters. The van der Waals surface area contributed by atoms with Crippen molar-refractivity contribution in [2.75, 3.05) is 32.3 Å². The van der Waals surface area contributed by atoms with Gasteiger partial charge in [0.1, 0.15) is 17.8 Å². The highest BCUT2D eigenvalue weighted by Crippen LogP contribution is 2.45. The summed E-state index contributed by atoms with van der Waals surface area (Å²) in [5.74, 6) is 0.163. The van der Waals surface area contributed by atoms with E-state index in [1.54, 1.807) is 43.4 Å². The smallest absolute Gasteiger partial charge is 0.332 e. The first-order valence-electron chi connectivity index (χ1n) is 13.3. The van der Waals surface area contributed by atoms with Crippen molar-refractivity contribution in [2.24, 2.45) is 0 Å². The Bertz CT molecular complexity index is 1600. The molecule has 0 aliphatic carbocycles. The van der Waals surface area contributed by atoms with Crippen LogP contribution in [0.3, 0.4) is 0 Å². The maximum absolute atomic E-state index is 14.0. The lowest BCUT2D eigenvalue weighted by Gasteiger charge is -2.36. The standard InChI is InChI=1S/C31H30N4O5/c1-39-16-6-15-32-29(36)19-11-13-21(14-12-19)34-30(37)26-18-24-23-9-3-4-10-25(23)33-27(24)28(35(26)31(34)38)20-7-5-8-22(17-20)40-2/h3-5,7-14,17,26,28,33H,6,15-16,18H2,1-2H3,(H,32,36)/t26-,28?/m0/s1. The molecule has 1 saturated heterocycles. The summed E-state index contributed by atoms with van der Waals surface area (Å²) >= 11 is 0. The number of hydrogen-bond acceptors (Lipinski definition) is 5. The second-order valence-electron chi connectivity index (χ2n) is 9.97. The predicted octanol–water partition coefficient (Wildman–Crippen LogP) is 4.43. The molecule has 9 nitrogen and oxygen atoms in total. The highest BCUT2D eigenvalue weighted by molar-refractivity contribution is 6.22. The van der Waals surface area contributed by atoms with Gasteiger partial charge in [-0.05, 0) is 60.0 Å². The van der Waals surface area contributed by atoms with Crippen LogP contribution in [0, 0.1) is 0 Å². The number of carbonyl (C=O) groups excluding carboxylic acids is 3. The molecule has 2 aliphatic heterocycles. The zero-order valence-electron chi connectivity index (χ0n) is 22.3. The Morgan fingerprint density at radius 1 is 1.02 bits per heavy atom. The van der Waals surface area contributed by atoms with Gasteiger partial charge >= 0.3 is 6.03 Å². The number of amides is 4. The number of anilines is 1. The topological polar surface area (TPSA) is 104 Å². The van der Waals surface area contributed by atoms with Gasteiger partial charge < -0.3 is 19.8 Å². The number of nitrogens with one attached hydrogen (secondary N) is 2. The zero-order valence-corrected chi connectivity index (χ0v) is 22.3. The summed E-state index contributed by atoms with van der Waals surface area (Å²) in [5.41, 5.74) is 4.63. The molecule has 0 radical (unpaired) electrons. The molecule has 2 aliphatic rings. The minimum Gasteiger partial charge on any atom is -0.497 e. The number of imide groups is 1. The van der Waals surface area contributed by atoms with Gasteiger partial charge in [0.15, 0.2) is 0 Å². The van der Waals surface area contributed by atoms with Crippen molar-refractivity contribution >= 4 is 34.4 Å². The maximum atomic E-state index is 14.0. The Morgan fingerprint density at radius 3 is 2.60 bits per heavy atom. The van der Waals surface area contributed by atoms with Crippen LogP contribution in [0.25, 0.3) is 10.9 Å². The Labute approximate surface area is 231 Å². The third-order valence-corrected chi connectivity index (χ3v) is 7.66. The maximum Gasteiger partial charge on any atom is 0.332 e. The monoisotopic (exact) mass is 538 g/mol. The largest absolute Gasteiger partial charge is 0.497 e. The van der Waals surface area contributed by atoms with Gasteiger partial charge in [-0.1, -0.05) is 30.3 Å². The van der Waals surface area contributed by atoms with E-state index < -0.39 is 18.1 Å². The molecule has 2 atom stereocenters. The van der Waals surface area contributed by atoms with Crippen molar-refractivity contribution in [1.29, 1.82) is 0 Å². The molecule has 2 N–H and O–H groups in total. The second-order valence-corrected chi connectivity index (χ2v) is 9.97. The molecule has 9 heteroatoms. The molecule has 204 valence electrons. The molecule has 3 aromatic carbocycles. The van der Waals surface area contributed by atoms with Crippen LogP contribution in [0.1, 0.15) is 39.6 Å². The first-order chi connectivity index (χ1) is 19.5. The molecule has 0 spiro atoms. The van der Waals surface area contributed by atoms with Crippen molar-refractivity contribution in [3.63, 3.8) is 0 Å². The number of urea groups is 1. The molecular weight excluding hydrogens is 508 g/mol. The highest BCUT2D eigenvalue weighted by Gasteiger charge is 2.53. The number of rotatable bonds is 8. The fraction of sp³-hybridized carbons (Fsp3) is 0.258. The lowest BCUT2D eigenvalue weighted by Crippen LogP contribution is -2.44. The van der Waals surface area contributed by atoms with E-state index in [0.29, 0.717) is 43.0 Å². The number of fused-ring (bicyclic) bond motifs is 4. The molecule has 6 rings (SSSR count). The van der Waals surface area contributed by atoms with E-state index in [4.69, 9.17) is 9.47 Å². The van der Waals surface area contributed by atoms with Gasteiger partial charge in [-0.25, -0.2) is 9.69 Å². The van der Waals surface area contributed by atoms with E-state index in [1.807, 2.05) is 48.5 Å². The average Bonchev–Trinajstić information content (AvgIpc) is 3.48. The number of benzene rings is 3. The van der Waals surface area contributed by atoms with Crippen LogP contribution in [0.15, 0.2) is 72.8 Å². The summed E-state index contributed by atoms with van der Waals surface area (Å²) in [4.78, 5) is 46.8. The van der Waals surface area contributed by atoms with Crippen LogP contribution < -0.4 is 15.0 Å². The van der Waals surface area contributed by atoms with Gasteiger partial charge in [-0.3, -0.25) is 14.5 Å². The third kappa shape index (κ3) is 4.28. The number of aromatic nitrogens is 1. The highest BCUT2D eigenvalue weighted by atomic mass is 16.5. The van der Waals surface area contributed by atoms with Gasteiger partial charge in [0, 0.05) is 48.8 Å². The number of hydrogen-bond donors (Lipinski definition) is 2. The first kappa shape index (κ1) is 25.6. The van der Waals surface area contributed by atoms with Crippen molar-refractivity contribution in [3.05, 3.63) is 95.2 Å². The fourth-order valence-electron chi connectivity index (χ4n) is 5.75. The van der Waals surface area contributed by atoms with E-state index >= 15 is 0 Å². The Kier molecular flexibility index (Phi) is 6.73. The van der Waals surface area contributed by atoms with Gasteiger partial charge in [-0.2, -0.15) is 0 Å². The summed E-state index contributed by atoms with van der Waals surface area (Å²) in [7, 11) is 3.22. The van der Waals surface area contributed by atoms with Crippen LogP contribution in [0.5, 0.6) is 5.75 Å². The first-order valence-corrected chi connectivity index (χ1v) is 13.3. The van der Waals surface area contributed by atoms with E-state index in [-0.39, 0.29) is 11.8 Å². The predicted molar refractivity (Wildman–Crippen MR) is 151 cm³/mol. The zero-order chi connectivity index (χ0) is 27.8. The summed E-state index contributed by atoms with van der Waals surface area (Å²) < 4.78 is 10.5. The van der Waals surface area contributed by atoms with Gasteiger partial charge in [0.2, 0.25) is 0 Å². The van der Waals surface area contributed by atoms with Crippen molar-refractivity contribution in [3.8, 4) is 5.75 Å². The molecule has 3 heterocycles. The minimum atomic E-state index is -0.667. The lowest BCUT2D eigenvalue weighted by atomic mass is 9.89. The van der Waals surface area contributed by atoms with Crippen LogP contribution in [0.4, 0.5) is 10.5 Å². The van der Waals surface area contributed by atoms with Crippen molar-refractivity contribution in [1.82, 2.24) is 15.2 Å². The number of ether oxygens (including phenoxy) is 2. The van der Waals surface area contributed by atoms with Crippen molar-refractivity contribution in [2.45, 2.75) is 24.9 Å². The van der Waals surface area contributed by atoms with Crippen LogP contribution >= 0.6 is 0 Å². The number of para-hydroxylation sites is 1. The van der Waals surface area contributed by atoms with E-state index in [9.17, 15) is 14.4 Å². The summed E-state index contributed by atoms with van der Waals surface area (Å²) in [6, 6.07) is 20.6. The fourth-order valence-corrected chi connectivity index (χ4v) is 5.75. The van der Waals surface area contributed by atoms with E-state index in [2.05, 4.69) is 10.3 Å². The van der Waals surface area contributed by atoms with Gasteiger partial charge in [0.05, 0.1) is 12.8 Å². The molecule has 4 aromatic rings. The van der Waals surface area contributed by atoms with Crippen LogP contribution in [0.2, 0.25) is 0 Å². The minimum absolute atomic E-state index is 0.220. The van der Waals surface area contributed by atoms with Crippen LogP contribution in [-0.2, 0) is 16.0 Å². The normalized spacial score (nSPS) is 18.1. The quantitative estimate of drug-likeness (QED) is 0.255.